The number of para-hydroxylation sites is 2. The Bertz CT molecular complexity index is 1160. The number of anilines is 1. The number of hydrogen-bond donors (Lipinski definition) is 1. The van der Waals surface area contributed by atoms with Crippen molar-refractivity contribution in [3.8, 4) is 5.75 Å². The van der Waals surface area contributed by atoms with Crippen molar-refractivity contribution in [2.45, 2.75) is 6.54 Å². The normalized spacial score (nSPS) is 14.2. The van der Waals surface area contributed by atoms with Crippen molar-refractivity contribution in [1.82, 2.24) is 5.32 Å². The van der Waals surface area contributed by atoms with Gasteiger partial charge in [0.2, 0.25) is 5.91 Å². The maximum atomic E-state index is 13.1. The molecule has 0 fully saturated rings. The van der Waals surface area contributed by atoms with E-state index < -0.39 is 5.91 Å². The minimum absolute atomic E-state index is 0.117. The lowest BCUT2D eigenvalue weighted by atomic mass is 10.1. The minimum Gasteiger partial charge on any atom is -0.449 e. The predicted molar refractivity (Wildman–Crippen MR) is 122 cm³/mol. The van der Waals surface area contributed by atoms with E-state index in [-0.39, 0.29) is 18.2 Å². The molecule has 0 atom stereocenters. The van der Waals surface area contributed by atoms with Gasteiger partial charge in [-0.25, -0.2) is 0 Å². The van der Waals surface area contributed by atoms with E-state index in [1.165, 1.54) is 4.90 Å². The van der Waals surface area contributed by atoms with Gasteiger partial charge >= 0.3 is 0 Å². The number of fused-ring (bicyclic) bond motifs is 1. The fourth-order valence-electron chi connectivity index (χ4n) is 3.17. The highest BCUT2D eigenvalue weighted by molar-refractivity contribution is 6.31. The summed E-state index contributed by atoms with van der Waals surface area (Å²) in [6, 6.07) is 21.4. The third kappa shape index (κ3) is 5.08. The second-order valence-corrected chi connectivity index (χ2v) is 7.80. The highest BCUT2D eigenvalue weighted by Crippen LogP contribution is 2.35. The number of nitrogens with one attached hydrogen (secondary N) is 1. The Labute approximate surface area is 189 Å². The first kappa shape index (κ1) is 21.0. The molecule has 7 heteroatoms. The van der Waals surface area contributed by atoms with E-state index in [1.54, 1.807) is 54.6 Å². The fourth-order valence-corrected chi connectivity index (χ4v) is 3.49. The first-order chi connectivity index (χ1) is 15.0. The van der Waals surface area contributed by atoms with Gasteiger partial charge in [-0.05, 0) is 53.6 Å². The van der Waals surface area contributed by atoms with Gasteiger partial charge in [0.15, 0.2) is 11.5 Å². The van der Waals surface area contributed by atoms with Gasteiger partial charge in [0, 0.05) is 16.6 Å². The summed E-state index contributed by atoms with van der Waals surface area (Å²) in [4.78, 5) is 27.1. The molecule has 3 aromatic rings. The quantitative estimate of drug-likeness (QED) is 0.549. The van der Waals surface area contributed by atoms with Crippen molar-refractivity contribution >= 4 is 46.8 Å². The third-order valence-corrected chi connectivity index (χ3v) is 5.17. The largest absolute Gasteiger partial charge is 0.449 e. The Hall–Kier alpha value is -3.28. The molecule has 2 amide bonds. The zero-order valence-electron chi connectivity index (χ0n) is 16.3. The maximum Gasteiger partial charge on any atom is 0.294 e. The van der Waals surface area contributed by atoms with Crippen LogP contribution in [0.25, 0.3) is 6.08 Å². The highest BCUT2D eigenvalue weighted by Gasteiger charge is 2.31. The van der Waals surface area contributed by atoms with Crippen LogP contribution in [0, 0.1) is 0 Å². The van der Waals surface area contributed by atoms with E-state index in [9.17, 15) is 9.59 Å². The van der Waals surface area contributed by atoms with Crippen molar-refractivity contribution in [3.63, 3.8) is 0 Å². The van der Waals surface area contributed by atoms with Crippen LogP contribution >= 0.6 is 23.2 Å². The lowest BCUT2D eigenvalue weighted by Gasteiger charge is -2.30. The first-order valence-corrected chi connectivity index (χ1v) is 10.3. The van der Waals surface area contributed by atoms with Crippen molar-refractivity contribution in [3.05, 3.63) is 99.7 Å². The topological polar surface area (TPSA) is 58.6 Å². The Morgan fingerprint density at radius 1 is 0.968 bits per heavy atom. The molecule has 31 heavy (non-hydrogen) atoms. The number of amides is 2. The second kappa shape index (κ2) is 9.25. The van der Waals surface area contributed by atoms with Crippen LogP contribution < -0.4 is 15.0 Å². The molecule has 0 aromatic heterocycles. The van der Waals surface area contributed by atoms with E-state index in [4.69, 9.17) is 27.9 Å². The van der Waals surface area contributed by atoms with E-state index in [0.29, 0.717) is 28.0 Å². The summed E-state index contributed by atoms with van der Waals surface area (Å²) >= 11 is 11.9. The van der Waals surface area contributed by atoms with Crippen LogP contribution in [0.4, 0.5) is 5.69 Å². The number of benzene rings is 3. The summed E-state index contributed by atoms with van der Waals surface area (Å²) in [6.07, 6.45) is 1.61. The average Bonchev–Trinajstić information content (AvgIpc) is 2.76. The lowest BCUT2D eigenvalue weighted by Crippen LogP contribution is -2.44. The Kier molecular flexibility index (Phi) is 6.26. The molecule has 0 saturated carbocycles. The Balaban J connectivity index is 1.54. The number of carbonyl (C=O) groups is 2. The molecule has 0 aliphatic carbocycles. The number of nitrogens with zero attached hydrogens (tertiary/aromatic N) is 1. The molecule has 156 valence electrons. The van der Waals surface area contributed by atoms with Crippen LogP contribution in [0.3, 0.4) is 0 Å². The number of carbonyl (C=O) groups excluding carboxylic acids is 2. The molecular formula is C24H18Cl2N2O3. The number of hydrogen-bond acceptors (Lipinski definition) is 3. The smallest absolute Gasteiger partial charge is 0.294 e. The van der Waals surface area contributed by atoms with E-state index >= 15 is 0 Å². The van der Waals surface area contributed by atoms with Crippen LogP contribution in [0.1, 0.15) is 11.1 Å². The zero-order valence-corrected chi connectivity index (χ0v) is 17.9. The summed E-state index contributed by atoms with van der Waals surface area (Å²) in [7, 11) is 0. The predicted octanol–water partition coefficient (Wildman–Crippen LogP) is 5.08. The number of ether oxygens (including phenoxy) is 1. The van der Waals surface area contributed by atoms with Crippen LogP contribution in [0.2, 0.25) is 10.0 Å². The zero-order chi connectivity index (χ0) is 21.8. The SMILES string of the molecule is O=C(CN1C(=O)C(=Cc2cccc(Cl)c2)Oc2ccccc21)NCc1ccc(Cl)cc1. The van der Waals surface area contributed by atoms with Gasteiger partial charge < -0.3 is 10.1 Å². The lowest BCUT2D eigenvalue weighted by molar-refractivity contribution is -0.123. The molecule has 0 unspecified atom stereocenters. The van der Waals surface area contributed by atoms with Gasteiger partial charge in [-0.15, -0.1) is 0 Å². The summed E-state index contributed by atoms with van der Waals surface area (Å²) in [5.41, 5.74) is 2.17. The molecule has 5 nitrogen and oxygen atoms in total. The van der Waals surface area contributed by atoms with Crippen LogP contribution in [0.5, 0.6) is 5.75 Å². The molecule has 1 aliphatic rings. The molecule has 0 saturated heterocycles. The van der Waals surface area contributed by atoms with Gasteiger partial charge in [0.1, 0.15) is 6.54 Å². The molecule has 0 radical (unpaired) electrons. The first-order valence-electron chi connectivity index (χ1n) is 9.57. The molecule has 0 bridgehead atoms. The van der Waals surface area contributed by atoms with Crippen molar-refractivity contribution in [2.24, 2.45) is 0 Å². The van der Waals surface area contributed by atoms with Gasteiger partial charge in [-0.1, -0.05) is 59.6 Å². The Morgan fingerprint density at radius 2 is 1.74 bits per heavy atom. The van der Waals surface area contributed by atoms with Gasteiger partial charge in [0.05, 0.1) is 5.69 Å². The van der Waals surface area contributed by atoms with Gasteiger partial charge in [-0.2, -0.15) is 0 Å². The monoisotopic (exact) mass is 452 g/mol. The van der Waals surface area contributed by atoms with Crippen molar-refractivity contribution in [2.75, 3.05) is 11.4 Å². The van der Waals surface area contributed by atoms with Crippen LogP contribution in [0.15, 0.2) is 78.6 Å². The Morgan fingerprint density at radius 3 is 2.52 bits per heavy atom. The average molecular weight is 453 g/mol. The number of halogens is 2. The molecular weight excluding hydrogens is 435 g/mol. The molecule has 3 aromatic carbocycles. The standard InChI is InChI=1S/C24H18Cl2N2O3/c25-18-10-8-16(9-11-18)14-27-23(29)15-28-20-6-1-2-7-21(20)31-22(24(28)30)13-17-4-3-5-19(26)12-17/h1-13H,14-15H2,(H,27,29). The van der Waals surface area contributed by atoms with Crippen molar-refractivity contribution < 1.29 is 14.3 Å². The summed E-state index contributed by atoms with van der Waals surface area (Å²) in [6.45, 7) is 0.196. The van der Waals surface area contributed by atoms with Gasteiger partial charge in [0.25, 0.3) is 5.91 Å². The summed E-state index contributed by atoms with van der Waals surface area (Å²) < 4.78 is 5.82. The van der Waals surface area contributed by atoms with Gasteiger partial charge in [-0.3, -0.25) is 14.5 Å². The van der Waals surface area contributed by atoms with Crippen LogP contribution in [-0.4, -0.2) is 18.4 Å². The molecule has 1 heterocycles. The fraction of sp³-hybridized carbons (Fsp3) is 0.0833. The van der Waals surface area contributed by atoms with E-state index in [2.05, 4.69) is 5.32 Å². The van der Waals surface area contributed by atoms with E-state index in [0.717, 1.165) is 11.1 Å². The maximum absolute atomic E-state index is 13.1. The number of rotatable bonds is 5. The molecule has 1 N–H and O–H groups in total. The summed E-state index contributed by atoms with van der Waals surface area (Å²) in [5, 5.41) is 4.02. The highest BCUT2D eigenvalue weighted by atomic mass is 35.5. The van der Waals surface area contributed by atoms with E-state index in [1.807, 2.05) is 24.3 Å². The minimum atomic E-state index is -0.402. The van der Waals surface area contributed by atoms with Crippen molar-refractivity contribution in [1.29, 1.82) is 0 Å². The molecule has 1 aliphatic heterocycles. The second-order valence-electron chi connectivity index (χ2n) is 6.93. The third-order valence-electron chi connectivity index (χ3n) is 4.68. The molecule has 4 rings (SSSR count). The molecule has 0 spiro atoms. The van der Waals surface area contributed by atoms with Crippen LogP contribution in [-0.2, 0) is 16.1 Å². The summed E-state index contributed by atoms with van der Waals surface area (Å²) in [5.74, 6) is -0.0743.